The second-order valence-corrected chi connectivity index (χ2v) is 8.06. The third kappa shape index (κ3) is 3.45. The summed E-state index contributed by atoms with van der Waals surface area (Å²) in [4.78, 5) is 11.8. The first-order chi connectivity index (χ1) is 11.0. The van der Waals surface area contributed by atoms with E-state index in [2.05, 4.69) is 0 Å². The van der Waals surface area contributed by atoms with Crippen molar-refractivity contribution in [3.63, 3.8) is 0 Å². The van der Waals surface area contributed by atoms with Crippen molar-refractivity contribution in [1.29, 1.82) is 0 Å². The second kappa shape index (κ2) is 6.16. The number of sulfone groups is 1. The molecule has 0 aromatic heterocycles. The van der Waals surface area contributed by atoms with Gasteiger partial charge < -0.3 is 5.73 Å². The van der Waals surface area contributed by atoms with Crippen LogP contribution in [0.4, 0.5) is 0 Å². The van der Waals surface area contributed by atoms with E-state index in [1.807, 2.05) is 24.3 Å². The largest absolute Gasteiger partial charge is 0.368 e. The minimum atomic E-state index is -3.73. The Bertz CT molecular complexity index is 811. The van der Waals surface area contributed by atoms with Crippen LogP contribution in [0.5, 0.6) is 0 Å². The van der Waals surface area contributed by atoms with Crippen LogP contribution in [0.2, 0.25) is 0 Å². The lowest BCUT2D eigenvalue weighted by Crippen LogP contribution is -2.29. The van der Waals surface area contributed by atoms with E-state index in [0.29, 0.717) is 11.5 Å². The van der Waals surface area contributed by atoms with E-state index < -0.39 is 21.0 Å². The van der Waals surface area contributed by atoms with Gasteiger partial charge in [0.15, 0.2) is 15.1 Å². The zero-order chi connectivity index (χ0) is 16.4. The summed E-state index contributed by atoms with van der Waals surface area (Å²) in [7, 11) is -3.73. The number of hydrogen-bond donors (Lipinski definition) is 1. The molecule has 2 aromatic carbocycles. The summed E-state index contributed by atoms with van der Waals surface area (Å²) in [6.07, 6.45) is 2.18. The first-order valence-electron chi connectivity index (χ1n) is 7.62. The van der Waals surface area contributed by atoms with E-state index in [4.69, 9.17) is 5.73 Å². The molecule has 1 atom stereocenters. The van der Waals surface area contributed by atoms with Crippen LogP contribution in [0.25, 0.3) is 0 Å². The molecule has 1 fully saturated rings. The predicted octanol–water partition coefficient (Wildman–Crippen LogP) is 2.71. The van der Waals surface area contributed by atoms with Gasteiger partial charge in [0.25, 0.3) is 0 Å². The summed E-state index contributed by atoms with van der Waals surface area (Å²) in [5.74, 6) is -0.549. The molecule has 0 spiro atoms. The number of hydrogen-bond acceptors (Lipinski definition) is 3. The Morgan fingerprint density at radius 3 is 2.26 bits per heavy atom. The molecule has 0 heterocycles. The van der Waals surface area contributed by atoms with Crippen LogP contribution in [0, 0.1) is 0 Å². The average molecular weight is 329 g/mol. The minimum Gasteiger partial charge on any atom is -0.368 e. The normalized spacial score (nSPS) is 16.0. The average Bonchev–Trinajstić information content (AvgIpc) is 3.32. The van der Waals surface area contributed by atoms with Crippen molar-refractivity contribution in [2.45, 2.75) is 29.8 Å². The molecule has 0 saturated heterocycles. The Morgan fingerprint density at radius 1 is 1.04 bits per heavy atom. The van der Waals surface area contributed by atoms with Crippen molar-refractivity contribution < 1.29 is 13.2 Å². The third-order valence-corrected chi connectivity index (χ3v) is 6.08. The highest BCUT2D eigenvalue weighted by Crippen LogP contribution is 2.42. The van der Waals surface area contributed by atoms with Crippen molar-refractivity contribution in [1.82, 2.24) is 0 Å². The second-order valence-electron chi connectivity index (χ2n) is 5.97. The van der Waals surface area contributed by atoms with Gasteiger partial charge in [-0.3, -0.25) is 4.79 Å². The standard InChI is InChI=1S/C18H19NO3S/c19-18(20)17(14-6-2-1-3-7-14)23(21,22)12-15-8-4-5-9-16(15)13-10-11-13/h1-9,13,17H,10-12H2,(H2,19,20)/t17-/m0/s1. The molecule has 1 aliphatic rings. The highest BCUT2D eigenvalue weighted by atomic mass is 32.2. The summed E-state index contributed by atoms with van der Waals surface area (Å²) in [5.41, 5.74) is 7.67. The topological polar surface area (TPSA) is 77.2 Å². The molecule has 1 saturated carbocycles. The van der Waals surface area contributed by atoms with Crippen LogP contribution in [-0.2, 0) is 20.4 Å². The first-order valence-corrected chi connectivity index (χ1v) is 9.34. The minimum absolute atomic E-state index is 0.165. The molecule has 4 nitrogen and oxygen atoms in total. The Morgan fingerprint density at radius 2 is 1.65 bits per heavy atom. The number of carbonyl (C=O) groups is 1. The monoisotopic (exact) mass is 329 g/mol. The van der Waals surface area contributed by atoms with Crippen molar-refractivity contribution in [2.24, 2.45) is 5.73 Å². The van der Waals surface area contributed by atoms with Gasteiger partial charge in [0.05, 0.1) is 5.75 Å². The number of rotatable bonds is 6. The fourth-order valence-electron chi connectivity index (χ4n) is 2.93. The Labute approximate surface area is 136 Å². The van der Waals surface area contributed by atoms with E-state index in [9.17, 15) is 13.2 Å². The van der Waals surface area contributed by atoms with Crippen LogP contribution in [-0.4, -0.2) is 14.3 Å². The fourth-order valence-corrected chi connectivity index (χ4v) is 4.72. The van der Waals surface area contributed by atoms with Gasteiger partial charge in [-0.25, -0.2) is 8.42 Å². The smallest absolute Gasteiger partial charge is 0.240 e. The number of primary amides is 1. The highest BCUT2D eigenvalue weighted by molar-refractivity contribution is 7.91. The summed E-state index contributed by atoms with van der Waals surface area (Å²) >= 11 is 0. The van der Waals surface area contributed by atoms with Crippen LogP contribution in [0.1, 0.15) is 40.7 Å². The van der Waals surface area contributed by atoms with Gasteiger partial charge in [0, 0.05) is 0 Å². The van der Waals surface area contributed by atoms with Gasteiger partial charge in [0.2, 0.25) is 5.91 Å². The summed E-state index contributed by atoms with van der Waals surface area (Å²) in [6, 6.07) is 16.0. The van der Waals surface area contributed by atoms with Gasteiger partial charge in [0.1, 0.15) is 0 Å². The number of amides is 1. The highest BCUT2D eigenvalue weighted by Gasteiger charge is 2.34. The molecule has 0 bridgehead atoms. The van der Waals surface area contributed by atoms with Crippen LogP contribution in [0.15, 0.2) is 54.6 Å². The maximum Gasteiger partial charge on any atom is 0.240 e. The summed E-state index contributed by atoms with van der Waals surface area (Å²) < 4.78 is 25.7. The quantitative estimate of drug-likeness (QED) is 0.885. The van der Waals surface area contributed by atoms with Crippen molar-refractivity contribution >= 4 is 15.7 Å². The molecule has 2 aromatic rings. The van der Waals surface area contributed by atoms with Crippen LogP contribution in [0.3, 0.4) is 0 Å². The zero-order valence-corrected chi connectivity index (χ0v) is 13.5. The maximum atomic E-state index is 12.8. The van der Waals surface area contributed by atoms with E-state index in [-0.39, 0.29) is 5.75 Å². The van der Waals surface area contributed by atoms with E-state index in [0.717, 1.165) is 24.0 Å². The van der Waals surface area contributed by atoms with Gasteiger partial charge in [-0.1, -0.05) is 54.6 Å². The molecule has 3 rings (SSSR count). The molecule has 0 aliphatic heterocycles. The summed E-state index contributed by atoms with van der Waals surface area (Å²) in [5, 5.41) is -1.31. The lowest BCUT2D eigenvalue weighted by Gasteiger charge is -2.16. The van der Waals surface area contributed by atoms with Crippen molar-refractivity contribution in [2.75, 3.05) is 0 Å². The van der Waals surface area contributed by atoms with Gasteiger partial charge >= 0.3 is 0 Å². The molecular formula is C18H19NO3S. The molecule has 0 radical (unpaired) electrons. The first kappa shape index (κ1) is 15.7. The molecule has 120 valence electrons. The predicted molar refractivity (Wildman–Crippen MR) is 89.4 cm³/mol. The Kier molecular flexibility index (Phi) is 4.22. The van der Waals surface area contributed by atoms with Gasteiger partial charge in [-0.2, -0.15) is 0 Å². The molecule has 5 heteroatoms. The molecule has 23 heavy (non-hydrogen) atoms. The maximum absolute atomic E-state index is 12.8. The van der Waals surface area contributed by atoms with Gasteiger partial charge in [-0.15, -0.1) is 0 Å². The lowest BCUT2D eigenvalue weighted by atomic mass is 10.1. The van der Waals surface area contributed by atoms with Crippen molar-refractivity contribution in [3.8, 4) is 0 Å². The Balaban J connectivity index is 1.95. The van der Waals surface area contributed by atoms with E-state index in [1.54, 1.807) is 30.3 Å². The molecular weight excluding hydrogens is 310 g/mol. The number of benzene rings is 2. The van der Waals surface area contributed by atoms with Crippen LogP contribution < -0.4 is 5.73 Å². The van der Waals surface area contributed by atoms with E-state index in [1.165, 1.54) is 0 Å². The Hall–Kier alpha value is -2.14. The lowest BCUT2D eigenvalue weighted by molar-refractivity contribution is -0.117. The molecule has 2 N–H and O–H groups in total. The fraction of sp³-hybridized carbons (Fsp3) is 0.278. The van der Waals surface area contributed by atoms with Crippen molar-refractivity contribution in [3.05, 3.63) is 71.3 Å². The molecule has 0 unspecified atom stereocenters. The SMILES string of the molecule is NC(=O)[C@H](c1ccccc1)S(=O)(=O)Cc1ccccc1C1CC1. The van der Waals surface area contributed by atoms with Crippen LogP contribution >= 0.6 is 0 Å². The third-order valence-electron chi connectivity index (χ3n) is 4.15. The van der Waals surface area contributed by atoms with Gasteiger partial charge in [-0.05, 0) is 35.4 Å². The molecule has 1 amide bonds. The number of carbonyl (C=O) groups excluding carboxylic acids is 1. The number of nitrogens with two attached hydrogens (primary N) is 1. The van der Waals surface area contributed by atoms with E-state index >= 15 is 0 Å². The zero-order valence-electron chi connectivity index (χ0n) is 12.7. The summed E-state index contributed by atoms with van der Waals surface area (Å²) in [6.45, 7) is 0. The molecule has 1 aliphatic carbocycles.